The average molecular weight is 595 g/mol. The van der Waals surface area contributed by atoms with Crippen LogP contribution in [-0.4, -0.2) is 6.61 Å². The number of hydrogen-bond donors (Lipinski definition) is 0. The molecular weight excluding hydrogens is 577 g/mol. The highest BCUT2D eigenvalue weighted by molar-refractivity contribution is 14.1. The molecule has 0 aliphatic heterocycles. The van der Waals surface area contributed by atoms with Gasteiger partial charge in [0.1, 0.15) is 6.61 Å². The molecule has 3 aromatic rings. The molecule has 0 aliphatic carbocycles. The third kappa shape index (κ3) is 6.00. The lowest BCUT2D eigenvalue weighted by molar-refractivity contribution is 0.267. The summed E-state index contributed by atoms with van der Waals surface area (Å²) in [5, 5.41) is 10.3. The first-order valence-corrected chi connectivity index (χ1v) is 11.5. The highest BCUT2D eigenvalue weighted by atomic mass is 127. The molecule has 30 heavy (non-hydrogen) atoms. The van der Waals surface area contributed by atoms with Crippen molar-refractivity contribution in [2.75, 3.05) is 6.61 Å². The Morgan fingerprint density at radius 1 is 1.10 bits per heavy atom. The van der Waals surface area contributed by atoms with E-state index in [0.29, 0.717) is 35.3 Å². The molecule has 6 heteroatoms. The smallest absolute Gasteiger partial charge is 0.175 e. The topological polar surface area (TPSA) is 42.2 Å². The van der Waals surface area contributed by atoms with Crippen LogP contribution in [0.1, 0.15) is 23.6 Å². The zero-order chi connectivity index (χ0) is 21.5. The van der Waals surface area contributed by atoms with E-state index in [1.54, 1.807) is 0 Å². The first-order chi connectivity index (χ1) is 14.5. The molecular formula is C24H18BrClINO2. The van der Waals surface area contributed by atoms with Crippen LogP contribution in [0.2, 0.25) is 5.02 Å². The number of ether oxygens (including phenoxy) is 2. The van der Waals surface area contributed by atoms with Gasteiger partial charge >= 0.3 is 0 Å². The van der Waals surface area contributed by atoms with E-state index in [-0.39, 0.29) is 0 Å². The molecule has 0 radical (unpaired) electrons. The Morgan fingerprint density at radius 2 is 1.80 bits per heavy atom. The Balaban J connectivity index is 1.90. The van der Waals surface area contributed by atoms with Crippen LogP contribution in [0.15, 0.2) is 65.1 Å². The van der Waals surface area contributed by atoms with E-state index in [1.807, 2.05) is 73.7 Å². The lowest BCUT2D eigenvalue weighted by atomic mass is 10.0. The zero-order valence-electron chi connectivity index (χ0n) is 16.2. The largest absolute Gasteiger partial charge is 0.490 e. The normalized spacial score (nSPS) is 11.1. The van der Waals surface area contributed by atoms with Crippen LogP contribution in [0.25, 0.3) is 11.6 Å². The van der Waals surface area contributed by atoms with Crippen LogP contribution >= 0.6 is 50.1 Å². The highest BCUT2D eigenvalue weighted by Gasteiger charge is 2.13. The van der Waals surface area contributed by atoms with E-state index in [9.17, 15) is 5.26 Å². The van der Waals surface area contributed by atoms with Gasteiger partial charge in [0, 0.05) is 9.50 Å². The molecule has 0 saturated carbocycles. The molecule has 3 aromatic carbocycles. The minimum Gasteiger partial charge on any atom is -0.490 e. The van der Waals surface area contributed by atoms with Gasteiger partial charge in [-0.15, -0.1) is 0 Å². The number of allylic oxidation sites excluding steroid dienone is 1. The van der Waals surface area contributed by atoms with Crippen LogP contribution in [0, 0.1) is 14.9 Å². The standard InChI is InChI=1S/C24H18BrClINO2/c1-2-29-23-13-17(11-19(14-28)18-5-7-20(25)8-6-18)12-22(27)24(23)30-15-16-3-9-21(26)10-4-16/h3-13H,2,15H2,1H3/b19-11-. The molecule has 0 fully saturated rings. The van der Waals surface area contributed by atoms with Crippen molar-refractivity contribution in [3.63, 3.8) is 0 Å². The molecule has 152 valence electrons. The summed E-state index contributed by atoms with van der Waals surface area (Å²) in [5.41, 5.74) is 3.33. The van der Waals surface area contributed by atoms with Gasteiger partial charge in [-0.3, -0.25) is 0 Å². The molecule has 0 N–H and O–H groups in total. The fourth-order valence-corrected chi connectivity index (χ4v) is 3.96. The summed E-state index contributed by atoms with van der Waals surface area (Å²) >= 11 is 11.6. The number of hydrogen-bond acceptors (Lipinski definition) is 3. The van der Waals surface area contributed by atoms with Gasteiger partial charge in [0.2, 0.25) is 0 Å². The van der Waals surface area contributed by atoms with Gasteiger partial charge < -0.3 is 9.47 Å². The molecule has 3 nitrogen and oxygen atoms in total. The molecule has 0 saturated heterocycles. The molecule has 3 rings (SSSR count). The summed E-state index contributed by atoms with van der Waals surface area (Å²) in [7, 11) is 0. The number of nitriles is 1. The van der Waals surface area contributed by atoms with Crippen molar-refractivity contribution in [2.45, 2.75) is 13.5 Å². The summed E-state index contributed by atoms with van der Waals surface area (Å²) in [4.78, 5) is 0. The monoisotopic (exact) mass is 593 g/mol. The van der Waals surface area contributed by atoms with Gasteiger partial charge in [0.25, 0.3) is 0 Å². The van der Waals surface area contributed by atoms with E-state index in [4.69, 9.17) is 21.1 Å². The molecule has 0 spiro atoms. The molecule has 0 unspecified atom stereocenters. The Morgan fingerprint density at radius 3 is 2.43 bits per heavy atom. The second-order valence-electron chi connectivity index (χ2n) is 6.35. The molecule has 0 atom stereocenters. The Kier molecular flexibility index (Phi) is 8.20. The van der Waals surface area contributed by atoms with Gasteiger partial charge in [-0.05, 0) is 88.7 Å². The predicted molar refractivity (Wildman–Crippen MR) is 134 cm³/mol. The van der Waals surface area contributed by atoms with Crippen molar-refractivity contribution in [2.24, 2.45) is 0 Å². The van der Waals surface area contributed by atoms with Crippen molar-refractivity contribution in [3.05, 3.63) is 90.4 Å². The summed E-state index contributed by atoms with van der Waals surface area (Å²) in [5.74, 6) is 1.34. The third-order valence-electron chi connectivity index (χ3n) is 4.21. The van der Waals surface area contributed by atoms with E-state index in [2.05, 4.69) is 44.6 Å². The van der Waals surface area contributed by atoms with Crippen molar-refractivity contribution >= 4 is 61.8 Å². The quantitative estimate of drug-likeness (QED) is 0.160. The van der Waals surface area contributed by atoms with E-state index in [1.165, 1.54) is 0 Å². The van der Waals surface area contributed by atoms with Crippen LogP contribution in [0.3, 0.4) is 0 Å². The third-order valence-corrected chi connectivity index (χ3v) is 5.80. The SMILES string of the molecule is CCOc1cc(/C=C(/C#N)c2ccc(Br)cc2)cc(I)c1OCc1ccc(Cl)cc1. The fraction of sp³-hybridized carbons (Fsp3) is 0.125. The van der Waals surface area contributed by atoms with Crippen LogP contribution < -0.4 is 9.47 Å². The van der Waals surface area contributed by atoms with Gasteiger partial charge in [-0.25, -0.2) is 0 Å². The Labute approximate surface area is 203 Å². The van der Waals surface area contributed by atoms with E-state index < -0.39 is 0 Å². The number of benzene rings is 3. The summed E-state index contributed by atoms with van der Waals surface area (Å²) in [6, 6.07) is 21.4. The number of halogens is 3. The lowest BCUT2D eigenvalue weighted by Gasteiger charge is -2.15. The average Bonchev–Trinajstić information content (AvgIpc) is 2.73. The predicted octanol–water partition coefficient (Wildman–Crippen LogP) is 7.75. The molecule has 0 bridgehead atoms. The van der Waals surface area contributed by atoms with Gasteiger partial charge in [0.05, 0.1) is 21.8 Å². The lowest BCUT2D eigenvalue weighted by Crippen LogP contribution is -2.02. The fourth-order valence-electron chi connectivity index (χ4n) is 2.79. The van der Waals surface area contributed by atoms with Gasteiger partial charge in [-0.2, -0.15) is 5.26 Å². The van der Waals surface area contributed by atoms with Crippen molar-refractivity contribution in [3.8, 4) is 17.6 Å². The van der Waals surface area contributed by atoms with Gasteiger partial charge in [-0.1, -0.05) is 51.8 Å². The van der Waals surface area contributed by atoms with Gasteiger partial charge in [0.15, 0.2) is 11.5 Å². The molecule has 0 amide bonds. The summed E-state index contributed by atoms with van der Waals surface area (Å²) in [6.07, 6.45) is 1.86. The number of rotatable bonds is 7. The molecule has 0 heterocycles. The highest BCUT2D eigenvalue weighted by Crippen LogP contribution is 2.36. The zero-order valence-corrected chi connectivity index (χ0v) is 20.7. The Hall–Kier alpha value is -2.01. The second-order valence-corrected chi connectivity index (χ2v) is 8.87. The maximum atomic E-state index is 9.64. The first kappa shape index (κ1) is 22.7. The van der Waals surface area contributed by atoms with Crippen LogP contribution in [0.5, 0.6) is 11.5 Å². The van der Waals surface area contributed by atoms with E-state index >= 15 is 0 Å². The van der Waals surface area contributed by atoms with Crippen LogP contribution in [0.4, 0.5) is 0 Å². The van der Waals surface area contributed by atoms with Crippen molar-refractivity contribution < 1.29 is 9.47 Å². The van der Waals surface area contributed by atoms with Crippen molar-refractivity contribution in [1.82, 2.24) is 0 Å². The second kappa shape index (κ2) is 10.9. The first-order valence-electron chi connectivity index (χ1n) is 9.21. The van der Waals surface area contributed by atoms with Crippen LogP contribution in [-0.2, 0) is 6.61 Å². The minimum atomic E-state index is 0.408. The minimum absolute atomic E-state index is 0.408. The van der Waals surface area contributed by atoms with Crippen molar-refractivity contribution in [1.29, 1.82) is 5.26 Å². The number of nitrogens with zero attached hydrogens (tertiary/aromatic N) is 1. The van der Waals surface area contributed by atoms with E-state index in [0.717, 1.165) is 24.7 Å². The summed E-state index contributed by atoms with van der Waals surface area (Å²) in [6.45, 7) is 2.85. The molecule has 0 aliphatic rings. The maximum Gasteiger partial charge on any atom is 0.175 e. The summed E-state index contributed by atoms with van der Waals surface area (Å²) < 4.78 is 13.8. The maximum absolute atomic E-state index is 9.64. The Bertz CT molecular complexity index is 1090. The molecule has 0 aromatic heterocycles.